The summed E-state index contributed by atoms with van der Waals surface area (Å²) in [5, 5.41) is 9.62. The first kappa shape index (κ1) is 18.6. The molecule has 154 valence electrons. The molecule has 6 aromatic carbocycles. The number of rotatable bonds is 2. The Bertz CT molecular complexity index is 1600. The van der Waals surface area contributed by atoms with E-state index in [4.69, 9.17) is 9.47 Å². The van der Waals surface area contributed by atoms with Crippen molar-refractivity contribution < 1.29 is 19.1 Å². The summed E-state index contributed by atoms with van der Waals surface area (Å²) in [6.07, 6.45) is 0. The summed E-state index contributed by atoms with van der Waals surface area (Å²) >= 11 is 0. The molecule has 6 aromatic rings. The minimum Gasteiger partial charge on any atom is -0.425 e. The van der Waals surface area contributed by atoms with Crippen LogP contribution in [0, 0.1) is 0 Å². The van der Waals surface area contributed by atoms with Gasteiger partial charge >= 0.3 is 11.9 Å². The molecule has 0 radical (unpaired) electrons. The third kappa shape index (κ3) is 2.50. The normalized spacial score (nSPS) is 11.7. The molecular formula is C28H18O4. The van der Waals surface area contributed by atoms with Gasteiger partial charge in [-0.05, 0) is 33.7 Å². The zero-order valence-corrected chi connectivity index (χ0v) is 17.6. The van der Waals surface area contributed by atoms with Crippen LogP contribution in [-0.2, 0) is 9.59 Å². The number of benzene rings is 6. The average Bonchev–Trinajstić information content (AvgIpc) is 2.79. The summed E-state index contributed by atoms with van der Waals surface area (Å²) in [7, 11) is 0. The van der Waals surface area contributed by atoms with Crippen LogP contribution in [0.3, 0.4) is 0 Å². The molecule has 32 heavy (non-hydrogen) atoms. The zero-order valence-electron chi connectivity index (χ0n) is 17.6. The maximum Gasteiger partial charge on any atom is 0.308 e. The number of hydrogen-bond donors (Lipinski definition) is 0. The maximum absolute atomic E-state index is 12.0. The highest BCUT2D eigenvalue weighted by Crippen LogP contribution is 2.48. The average molecular weight is 418 g/mol. The van der Waals surface area contributed by atoms with Crippen LogP contribution in [0.1, 0.15) is 13.8 Å². The second-order valence-corrected chi connectivity index (χ2v) is 8.01. The van der Waals surface area contributed by atoms with Gasteiger partial charge < -0.3 is 9.47 Å². The highest BCUT2D eigenvalue weighted by molar-refractivity contribution is 6.36. The number of hydrogen-bond acceptors (Lipinski definition) is 4. The van der Waals surface area contributed by atoms with Gasteiger partial charge in [-0.15, -0.1) is 0 Å². The van der Waals surface area contributed by atoms with Crippen LogP contribution in [0.4, 0.5) is 0 Å². The molecule has 0 aliphatic carbocycles. The smallest absolute Gasteiger partial charge is 0.308 e. The topological polar surface area (TPSA) is 52.6 Å². The number of carbonyl (C=O) groups is 2. The van der Waals surface area contributed by atoms with E-state index in [9.17, 15) is 9.59 Å². The van der Waals surface area contributed by atoms with Crippen molar-refractivity contribution in [1.82, 2.24) is 0 Å². The molecule has 0 aliphatic rings. The zero-order chi connectivity index (χ0) is 22.0. The molecular weight excluding hydrogens is 400 g/mol. The van der Waals surface area contributed by atoms with Crippen molar-refractivity contribution in [2.75, 3.05) is 0 Å². The fourth-order valence-corrected chi connectivity index (χ4v) is 4.95. The minimum atomic E-state index is -0.365. The summed E-state index contributed by atoms with van der Waals surface area (Å²) in [5.74, 6) is 0.377. The molecule has 4 nitrogen and oxygen atoms in total. The highest BCUT2D eigenvalue weighted by atomic mass is 16.5. The van der Waals surface area contributed by atoms with Gasteiger partial charge in [-0.1, -0.05) is 60.7 Å². The van der Waals surface area contributed by atoms with Crippen LogP contribution in [0.2, 0.25) is 0 Å². The van der Waals surface area contributed by atoms with Gasteiger partial charge in [0.2, 0.25) is 0 Å². The van der Waals surface area contributed by atoms with Crippen LogP contribution in [0.25, 0.3) is 53.9 Å². The second-order valence-electron chi connectivity index (χ2n) is 8.01. The first-order valence-electron chi connectivity index (χ1n) is 10.5. The summed E-state index contributed by atoms with van der Waals surface area (Å²) in [6, 6.07) is 24.0. The number of esters is 2. The second kappa shape index (κ2) is 6.66. The summed E-state index contributed by atoms with van der Waals surface area (Å²) < 4.78 is 11.5. The Balaban J connectivity index is 1.93. The third-order valence-corrected chi connectivity index (χ3v) is 6.07. The Hall–Kier alpha value is -4.18. The van der Waals surface area contributed by atoms with Crippen molar-refractivity contribution in [3.05, 3.63) is 72.8 Å². The Morgan fingerprint density at radius 3 is 1.19 bits per heavy atom. The maximum atomic E-state index is 12.0. The number of fused-ring (bicyclic) bond motifs is 4. The van der Waals surface area contributed by atoms with E-state index in [1.807, 2.05) is 60.7 Å². The quantitative estimate of drug-likeness (QED) is 0.135. The Morgan fingerprint density at radius 2 is 0.812 bits per heavy atom. The van der Waals surface area contributed by atoms with Crippen LogP contribution in [0.15, 0.2) is 72.8 Å². The molecule has 0 fully saturated rings. The fraction of sp³-hybridized carbons (Fsp3) is 0.0714. The van der Waals surface area contributed by atoms with Gasteiger partial charge in [-0.3, -0.25) is 9.59 Å². The van der Waals surface area contributed by atoms with Crippen molar-refractivity contribution in [3.63, 3.8) is 0 Å². The molecule has 0 aromatic heterocycles. The first-order chi connectivity index (χ1) is 15.5. The number of ether oxygens (including phenoxy) is 2. The standard InChI is InChI=1S/C28H18O4/c1-15(29)31-27-21-9-5-3-7-17(21)19-11-12-20-18-8-4-6-10-22(18)28(32-16(2)30)24-14-13-23(27)25(19)26(20)24/h3-14H,1-2H3. The van der Waals surface area contributed by atoms with Gasteiger partial charge in [0.05, 0.1) is 0 Å². The van der Waals surface area contributed by atoms with E-state index in [0.29, 0.717) is 11.5 Å². The Morgan fingerprint density at radius 1 is 0.469 bits per heavy atom. The predicted octanol–water partition coefficient (Wildman–Crippen LogP) is 6.74. The van der Waals surface area contributed by atoms with Gasteiger partial charge in [0.25, 0.3) is 0 Å². The molecule has 0 saturated heterocycles. The molecule has 0 N–H and O–H groups in total. The van der Waals surface area contributed by atoms with Crippen molar-refractivity contribution in [1.29, 1.82) is 0 Å². The lowest BCUT2D eigenvalue weighted by atomic mass is 9.87. The summed E-state index contributed by atoms with van der Waals surface area (Å²) in [6.45, 7) is 2.83. The lowest BCUT2D eigenvalue weighted by molar-refractivity contribution is -0.132. The van der Waals surface area contributed by atoms with Crippen molar-refractivity contribution in [2.45, 2.75) is 13.8 Å². The third-order valence-electron chi connectivity index (χ3n) is 6.07. The predicted molar refractivity (Wildman–Crippen MR) is 128 cm³/mol. The molecule has 0 aliphatic heterocycles. The minimum absolute atomic E-state index is 0.365. The van der Waals surface area contributed by atoms with Crippen LogP contribution >= 0.6 is 0 Å². The van der Waals surface area contributed by atoms with Gasteiger partial charge in [0.15, 0.2) is 0 Å². The molecule has 6 rings (SSSR count). The molecule has 0 unspecified atom stereocenters. The molecule has 4 heteroatoms. The molecule has 0 heterocycles. The summed E-state index contributed by atoms with van der Waals surface area (Å²) in [4.78, 5) is 24.0. The Kier molecular flexibility index (Phi) is 3.87. The number of carbonyl (C=O) groups excluding carboxylic acids is 2. The van der Waals surface area contributed by atoms with Crippen molar-refractivity contribution in [3.8, 4) is 11.5 Å². The van der Waals surface area contributed by atoms with Gasteiger partial charge in [0.1, 0.15) is 11.5 Å². The van der Waals surface area contributed by atoms with E-state index in [1.54, 1.807) is 0 Å². The van der Waals surface area contributed by atoms with Crippen LogP contribution in [-0.4, -0.2) is 11.9 Å². The molecule has 0 atom stereocenters. The molecule has 0 spiro atoms. The van der Waals surface area contributed by atoms with Crippen LogP contribution in [0.5, 0.6) is 11.5 Å². The van der Waals surface area contributed by atoms with E-state index < -0.39 is 0 Å². The summed E-state index contributed by atoms with van der Waals surface area (Å²) in [5.41, 5.74) is 0. The lowest BCUT2D eigenvalue weighted by Crippen LogP contribution is -2.04. The molecule has 0 amide bonds. The van der Waals surface area contributed by atoms with E-state index in [0.717, 1.165) is 53.9 Å². The van der Waals surface area contributed by atoms with Gasteiger partial charge in [0, 0.05) is 46.2 Å². The van der Waals surface area contributed by atoms with E-state index in [1.165, 1.54) is 13.8 Å². The molecule has 0 bridgehead atoms. The monoisotopic (exact) mass is 418 g/mol. The SMILES string of the molecule is CC(=O)Oc1c2ccccc2c2ccc3c4ccccc4c(OC(C)=O)c4ccc1c2c43. The van der Waals surface area contributed by atoms with Crippen molar-refractivity contribution in [2.24, 2.45) is 0 Å². The fourth-order valence-electron chi connectivity index (χ4n) is 4.95. The highest BCUT2D eigenvalue weighted by Gasteiger charge is 2.21. The first-order valence-corrected chi connectivity index (χ1v) is 10.5. The lowest BCUT2D eigenvalue weighted by Gasteiger charge is -2.19. The largest absolute Gasteiger partial charge is 0.425 e. The van der Waals surface area contributed by atoms with Gasteiger partial charge in [-0.2, -0.15) is 0 Å². The van der Waals surface area contributed by atoms with E-state index in [-0.39, 0.29) is 11.9 Å². The Labute approximate surface area is 183 Å². The van der Waals surface area contributed by atoms with Crippen molar-refractivity contribution >= 4 is 65.8 Å². The van der Waals surface area contributed by atoms with E-state index in [2.05, 4.69) is 12.1 Å². The van der Waals surface area contributed by atoms with E-state index >= 15 is 0 Å². The van der Waals surface area contributed by atoms with Crippen LogP contribution < -0.4 is 9.47 Å². The molecule has 0 saturated carbocycles. The van der Waals surface area contributed by atoms with Gasteiger partial charge in [-0.25, -0.2) is 0 Å².